The van der Waals surface area contributed by atoms with Crippen LogP contribution in [0.5, 0.6) is 0 Å². The molecular weight excluding hydrogens is 288 g/mol. The van der Waals surface area contributed by atoms with E-state index < -0.39 is 5.91 Å². The molecule has 1 N–H and O–H groups in total. The number of hydrogen-bond donors (Lipinski definition) is 1. The maximum absolute atomic E-state index is 12.2. The van der Waals surface area contributed by atoms with Gasteiger partial charge in [-0.15, -0.1) is 0 Å². The van der Waals surface area contributed by atoms with Gasteiger partial charge in [-0.25, -0.2) is 0 Å². The molecule has 0 radical (unpaired) electrons. The van der Waals surface area contributed by atoms with E-state index in [1.165, 1.54) is 6.08 Å². The van der Waals surface area contributed by atoms with Gasteiger partial charge in [0.25, 0.3) is 5.91 Å². The van der Waals surface area contributed by atoms with E-state index >= 15 is 0 Å². The van der Waals surface area contributed by atoms with Gasteiger partial charge in [0.2, 0.25) is 0 Å². The van der Waals surface area contributed by atoms with E-state index in [0.717, 1.165) is 17.7 Å². The fourth-order valence-corrected chi connectivity index (χ4v) is 2.58. The number of nitrogens with zero attached hydrogens (tertiary/aromatic N) is 1. The Balaban J connectivity index is 1.74. The Morgan fingerprint density at radius 3 is 2.83 bits per heavy atom. The fraction of sp³-hybridized carbons (Fsp3) is 0.263. The molecule has 1 fully saturated rings. The maximum atomic E-state index is 12.2. The first kappa shape index (κ1) is 15.1. The molecule has 1 saturated carbocycles. The predicted molar refractivity (Wildman–Crippen MR) is 88.6 cm³/mol. The van der Waals surface area contributed by atoms with Gasteiger partial charge in [0, 0.05) is 17.7 Å². The van der Waals surface area contributed by atoms with Crippen LogP contribution in [-0.4, -0.2) is 5.91 Å². The second kappa shape index (κ2) is 6.13. The van der Waals surface area contributed by atoms with Crippen molar-refractivity contribution in [3.8, 4) is 6.07 Å². The van der Waals surface area contributed by atoms with E-state index in [2.05, 4.69) is 12.2 Å². The number of anilines is 1. The topological polar surface area (TPSA) is 66.0 Å². The van der Waals surface area contributed by atoms with Crippen LogP contribution in [0.2, 0.25) is 0 Å². The Morgan fingerprint density at radius 1 is 1.39 bits per heavy atom. The molecule has 0 spiro atoms. The molecule has 1 aliphatic rings. The third-order valence-electron chi connectivity index (χ3n) is 4.05. The molecule has 4 nitrogen and oxygen atoms in total. The van der Waals surface area contributed by atoms with Crippen LogP contribution in [0.15, 0.2) is 46.4 Å². The van der Waals surface area contributed by atoms with Gasteiger partial charge >= 0.3 is 0 Å². The zero-order valence-electron chi connectivity index (χ0n) is 13.2. The van der Waals surface area contributed by atoms with Gasteiger partial charge in [0.15, 0.2) is 0 Å². The molecule has 23 heavy (non-hydrogen) atoms. The first-order chi connectivity index (χ1) is 11.1. The zero-order valence-corrected chi connectivity index (χ0v) is 13.2. The second-order valence-corrected chi connectivity index (χ2v) is 6.05. The molecule has 3 rings (SSSR count). The van der Waals surface area contributed by atoms with Crippen molar-refractivity contribution in [3.63, 3.8) is 0 Å². The van der Waals surface area contributed by atoms with Crippen molar-refractivity contribution < 1.29 is 9.21 Å². The summed E-state index contributed by atoms with van der Waals surface area (Å²) in [6.45, 7) is 4.12. The summed E-state index contributed by atoms with van der Waals surface area (Å²) in [7, 11) is 0. The molecule has 0 bridgehead atoms. The molecule has 1 aromatic heterocycles. The highest BCUT2D eigenvalue weighted by Crippen LogP contribution is 2.47. The summed E-state index contributed by atoms with van der Waals surface area (Å²) in [4.78, 5) is 12.2. The number of carbonyl (C=O) groups excluding carboxylic acids is 1. The highest BCUT2D eigenvalue weighted by Gasteiger charge is 2.36. The smallest absolute Gasteiger partial charge is 0.266 e. The van der Waals surface area contributed by atoms with Gasteiger partial charge in [-0.05, 0) is 49.1 Å². The van der Waals surface area contributed by atoms with E-state index in [0.29, 0.717) is 23.3 Å². The van der Waals surface area contributed by atoms with Crippen molar-refractivity contribution in [1.82, 2.24) is 0 Å². The molecule has 2 aromatic rings. The number of nitrogens with one attached hydrogen (secondary N) is 1. The van der Waals surface area contributed by atoms with Crippen LogP contribution in [0.1, 0.15) is 36.3 Å². The molecule has 4 heteroatoms. The first-order valence-electron chi connectivity index (χ1n) is 7.66. The minimum Gasteiger partial charge on any atom is -0.461 e. The van der Waals surface area contributed by atoms with Crippen LogP contribution in [-0.2, 0) is 4.79 Å². The largest absolute Gasteiger partial charge is 0.461 e. The number of benzene rings is 1. The lowest BCUT2D eigenvalue weighted by Gasteiger charge is -2.04. The van der Waals surface area contributed by atoms with Gasteiger partial charge in [-0.2, -0.15) is 5.26 Å². The SMILES string of the molecule is Cc1cccc(NC(=O)/C(C#N)=C/c2ccc([C@@H]3C[C@H]3C)o2)c1. The molecule has 0 unspecified atom stereocenters. The molecular formula is C19H18N2O2. The normalized spacial score (nSPS) is 20.0. The Labute approximate surface area is 135 Å². The minimum absolute atomic E-state index is 0.0243. The van der Waals surface area contributed by atoms with Crippen LogP contribution in [0.4, 0.5) is 5.69 Å². The molecule has 0 saturated heterocycles. The molecule has 116 valence electrons. The number of hydrogen-bond acceptors (Lipinski definition) is 3. The first-order valence-corrected chi connectivity index (χ1v) is 7.66. The van der Waals surface area contributed by atoms with Crippen molar-refractivity contribution >= 4 is 17.7 Å². The number of rotatable bonds is 4. The Bertz CT molecular complexity index is 811. The van der Waals surface area contributed by atoms with Crippen molar-refractivity contribution in [3.05, 3.63) is 59.1 Å². The van der Waals surface area contributed by atoms with Crippen molar-refractivity contribution in [2.75, 3.05) is 5.32 Å². The molecule has 0 aliphatic heterocycles. The van der Waals surface area contributed by atoms with Crippen molar-refractivity contribution in [1.29, 1.82) is 5.26 Å². The molecule has 2 atom stereocenters. The summed E-state index contributed by atoms with van der Waals surface area (Å²) in [5.74, 6) is 2.16. The quantitative estimate of drug-likeness (QED) is 0.678. The van der Waals surface area contributed by atoms with Crippen molar-refractivity contribution in [2.24, 2.45) is 5.92 Å². The Hall–Kier alpha value is -2.80. The summed E-state index contributed by atoms with van der Waals surface area (Å²) < 4.78 is 5.72. The fourth-order valence-electron chi connectivity index (χ4n) is 2.58. The van der Waals surface area contributed by atoms with Crippen molar-refractivity contribution in [2.45, 2.75) is 26.2 Å². The average molecular weight is 306 g/mol. The van der Waals surface area contributed by atoms with Crippen LogP contribution >= 0.6 is 0 Å². The van der Waals surface area contributed by atoms with Gasteiger partial charge in [0.05, 0.1) is 0 Å². The van der Waals surface area contributed by atoms with E-state index in [1.807, 2.05) is 37.3 Å². The number of carbonyl (C=O) groups is 1. The summed E-state index contributed by atoms with van der Waals surface area (Å²) in [5, 5.41) is 12.0. The molecule has 1 aromatic carbocycles. The highest BCUT2D eigenvalue weighted by atomic mass is 16.3. The minimum atomic E-state index is -0.434. The van der Waals surface area contributed by atoms with Gasteiger partial charge < -0.3 is 9.73 Å². The van der Waals surface area contributed by atoms with Gasteiger partial charge in [0.1, 0.15) is 23.2 Å². The van der Waals surface area contributed by atoms with E-state index in [4.69, 9.17) is 4.42 Å². The summed E-state index contributed by atoms with van der Waals surface area (Å²) in [6, 6.07) is 13.1. The van der Waals surface area contributed by atoms with Crippen LogP contribution in [0, 0.1) is 24.2 Å². The third-order valence-corrected chi connectivity index (χ3v) is 4.05. The number of furan rings is 1. The van der Waals surface area contributed by atoms with E-state index in [9.17, 15) is 10.1 Å². The number of nitriles is 1. The predicted octanol–water partition coefficient (Wildman–Crippen LogP) is 4.26. The average Bonchev–Trinajstić information content (AvgIpc) is 3.07. The maximum Gasteiger partial charge on any atom is 0.266 e. The van der Waals surface area contributed by atoms with Crippen LogP contribution in [0.3, 0.4) is 0 Å². The second-order valence-electron chi connectivity index (χ2n) is 6.05. The number of aryl methyl sites for hydroxylation is 1. The van der Waals surface area contributed by atoms with Gasteiger partial charge in [-0.3, -0.25) is 4.79 Å². The zero-order chi connectivity index (χ0) is 16.4. The third kappa shape index (κ3) is 3.51. The van der Waals surface area contributed by atoms with E-state index in [1.54, 1.807) is 12.1 Å². The number of amides is 1. The lowest BCUT2D eigenvalue weighted by Crippen LogP contribution is -2.13. The Kier molecular flexibility index (Phi) is 4.03. The molecule has 1 amide bonds. The van der Waals surface area contributed by atoms with Crippen LogP contribution < -0.4 is 5.32 Å². The van der Waals surface area contributed by atoms with E-state index in [-0.39, 0.29) is 5.57 Å². The highest BCUT2D eigenvalue weighted by molar-refractivity contribution is 6.09. The molecule has 1 aliphatic carbocycles. The summed E-state index contributed by atoms with van der Waals surface area (Å²) >= 11 is 0. The monoisotopic (exact) mass is 306 g/mol. The summed E-state index contributed by atoms with van der Waals surface area (Å²) in [5.41, 5.74) is 1.74. The standard InChI is InChI=1S/C19H18N2O2/c1-12-4-3-5-15(8-12)21-19(22)14(11-20)10-16-6-7-18(23-16)17-9-13(17)2/h3-8,10,13,17H,9H2,1-2H3,(H,21,22)/b14-10+/t13-,17-/m1/s1. The lowest BCUT2D eigenvalue weighted by molar-refractivity contribution is -0.112. The lowest BCUT2D eigenvalue weighted by atomic mass is 10.2. The van der Waals surface area contributed by atoms with Gasteiger partial charge in [-0.1, -0.05) is 19.1 Å². The summed E-state index contributed by atoms with van der Waals surface area (Å²) in [6.07, 6.45) is 2.62. The van der Waals surface area contributed by atoms with Crippen LogP contribution in [0.25, 0.3) is 6.08 Å². The Morgan fingerprint density at radius 2 is 2.17 bits per heavy atom. The molecule has 1 heterocycles.